The average Bonchev–Trinajstić information content (AvgIpc) is 3.30. The van der Waals surface area contributed by atoms with Crippen LogP contribution < -0.4 is 4.74 Å². The Kier molecular flexibility index (Phi) is 4.51. The third-order valence-electron chi connectivity index (χ3n) is 5.11. The molecule has 26 heavy (non-hydrogen) atoms. The van der Waals surface area contributed by atoms with Crippen LogP contribution in [0.1, 0.15) is 48.5 Å². The number of hydrogen-bond acceptors (Lipinski definition) is 4. The topological polar surface area (TPSA) is 59.0 Å². The molecule has 0 radical (unpaired) electrons. The highest BCUT2D eigenvalue weighted by molar-refractivity contribution is 5.36. The van der Waals surface area contributed by atoms with Crippen LogP contribution in [0, 0.1) is 0 Å². The van der Waals surface area contributed by atoms with Crippen molar-refractivity contribution in [1.29, 1.82) is 0 Å². The lowest BCUT2D eigenvalue weighted by Crippen LogP contribution is -2.34. The lowest BCUT2D eigenvalue weighted by atomic mass is 9.91. The highest BCUT2D eigenvalue weighted by Gasteiger charge is 2.29. The van der Waals surface area contributed by atoms with Crippen molar-refractivity contribution >= 4 is 0 Å². The second kappa shape index (κ2) is 6.96. The Balaban J connectivity index is 1.60. The summed E-state index contributed by atoms with van der Waals surface area (Å²) in [6.45, 7) is 7.07. The Morgan fingerprint density at radius 3 is 2.81 bits per heavy atom. The number of H-pyrrole nitrogens is 1. The van der Waals surface area contributed by atoms with Crippen molar-refractivity contribution in [2.24, 2.45) is 0 Å². The SMILES string of the molecule is COc1ccc(C2CN(Cc3cncn3C(C)C)Cc3[nH]cnc32)cc1. The first-order chi connectivity index (χ1) is 12.7. The molecule has 0 amide bonds. The molecule has 1 aliphatic heterocycles. The molecule has 1 atom stereocenters. The number of ether oxygens (including phenoxy) is 1. The van der Waals surface area contributed by atoms with Crippen LogP contribution in [0.5, 0.6) is 5.75 Å². The molecule has 1 aliphatic rings. The highest BCUT2D eigenvalue weighted by Crippen LogP contribution is 2.33. The van der Waals surface area contributed by atoms with Gasteiger partial charge in [0.25, 0.3) is 0 Å². The number of hydrogen-bond donors (Lipinski definition) is 1. The Morgan fingerprint density at radius 1 is 1.27 bits per heavy atom. The van der Waals surface area contributed by atoms with Gasteiger partial charge in [0.2, 0.25) is 0 Å². The number of methoxy groups -OCH3 is 1. The predicted molar refractivity (Wildman–Crippen MR) is 100 cm³/mol. The molecule has 3 aromatic rings. The van der Waals surface area contributed by atoms with E-state index in [1.54, 1.807) is 7.11 Å². The van der Waals surface area contributed by atoms with Gasteiger partial charge in [-0.3, -0.25) is 4.90 Å². The van der Waals surface area contributed by atoms with Gasteiger partial charge in [0.05, 0.1) is 36.8 Å². The van der Waals surface area contributed by atoms with Crippen LogP contribution in [-0.2, 0) is 13.1 Å². The van der Waals surface area contributed by atoms with E-state index in [-0.39, 0.29) is 5.92 Å². The second-order valence-corrected chi connectivity index (χ2v) is 7.15. The summed E-state index contributed by atoms with van der Waals surface area (Å²) in [5.74, 6) is 1.14. The van der Waals surface area contributed by atoms with Gasteiger partial charge in [0.15, 0.2) is 0 Å². The van der Waals surface area contributed by atoms with Crippen LogP contribution in [0.3, 0.4) is 0 Å². The van der Waals surface area contributed by atoms with E-state index in [1.165, 1.54) is 17.0 Å². The van der Waals surface area contributed by atoms with Crippen LogP contribution in [0.4, 0.5) is 0 Å². The number of aromatic amines is 1. The van der Waals surface area contributed by atoms with Gasteiger partial charge in [0, 0.05) is 37.8 Å². The van der Waals surface area contributed by atoms with E-state index in [2.05, 4.69) is 50.4 Å². The minimum absolute atomic E-state index is 0.256. The molecule has 1 N–H and O–H groups in total. The van der Waals surface area contributed by atoms with Crippen molar-refractivity contribution < 1.29 is 4.74 Å². The molecule has 136 valence electrons. The fourth-order valence-corrected chi connectivity index (χ4v) is 3.76. The molecule has 2 aromatic heterocycles. The van der Waals surface area contributed by atoms with Crippen molar-refractivity contribution in [2.45, 2.75) is 38.9 Å². The summed E-state index contributed by atoms with van der Waals surface area (Å²) < 4.78 is 7.54. The summed E-state index contributed by atoms with van der Waals surface area (Å²) >= 11 is 0. The van der Waals surface area contributed by atoms with Gasteiger partial charge in [0.1, 0.15) is 5.75 Å². The Labute approximate surface area is 153 Å². The summed E-state index contributed by atoms with van der Waals surface area (Å²) in [4.78, 5) is 14.7. The number of fused-ring (bicyclic) bond motifs is 1. The molecule has 1 aromatic carbocycles. The third kappa shape index (κ3) is 3.12. The maximum absolute atomic E-state index is 5.30. The molecule has 6 heteroatoms. The van der Waals surface area contributed by atoms with Crippen molar-refractivity contribution in [1.82, 2.24) is 24.4 Å². The molecule has 1 unspecified atom stereocenters. The van der Waals surface area contributed by atoms with Gasteiger partial charge in [-0.25, -0.2) is 9.97 Å². The van der Waals surface area contributed by atoms with Crippen LogP contribution >= 0.6 is 0 Å². The Hall–Kier alpha value is -2.60. The molecular formula is C20H25N5O. The van der Waals surface area contributed by atoms with E-state index in [0.29, 0.717) is 6.04 Å². The molecule has 0 fully saturated rings. The Morgan fingerprint density at radius 2 is 2.08 bits per heavy atom. The van der Waals surface area contributed by atoms with E-state index in [0.717, 1.165) is 31.1 Å². The van der Waals surface area contributed by atoms with Crippen molar-refractivity contribution in [3.63, 3.8) is 0 Å². The molecule has 4 rings (SSSR count). The minimum Gasteiger partial charge on any atom is -0.497 e. The fraction of sp³-hybridized carbons (Fsp3) is 0.400. The smallest absolute Gasteiger partial charge is 0.118 e. The summed E-state index contributed by atoms with van der Waals surface area (Å²) in [6, 6.07) is 8.74. The van der Waals surface area contributed by atoms with Gasteiger partial charge < -0.3 is 14.3 Å². The maximum atomic E-state index is 5.30. The van der Waals surface area contributed by atoms with Crippen LogP contribution in [0.15, 0.2) is 43.1 Å². The molecule has 0 saturated heterocycles. The van der Waals surface area contributed by atoms with E-state index < -0.39 is 0 Å². The highest BCUT2D eigenvalue weighted by atomic mass is 16.5. The summed E-state index contributed by atoms with van der Waals surface area (Å²) in [6.07, 6.45) is 5.71. The zero-order chi connectivity index (χ0) is 18.1. The quantitative estimate of drug-likeness (QED) is 0.766. The van der Waals surface area contributed by atoms with Gasteiger partial charge in [-0.2, -0.15) is 0 Å². The largest absolute Gasteiger partial charge is 0.497 e. The van der Waals surface area contributed by atoms with Gasteiger partial charge in [-0.15, -0.1) is 0 Å². The van der Waals surface area contributed by atoms with Crippen molar-refractivity contribution in [3.8, 4) is 5.75 Å². The monoisotopic (exact) mass is 351 g/mol. The molecule has 3 heterocycles. The first-order valence-corrected chi connectivity index (χ1v) is 9.05. The lowest BCUT2D eigenvalue weighted by molar-refractivity contribution is 0.221. The van der Waals surface area contributed by atoms with Crippen molar-refractivity contribution in [2.75, 3.05) is 13.7 Å². The number of rotatable bonds is 5. The second-order valence-electron chi connectivity index (χ2n) is 7.15. The maximum Gasteiger partial charge on any atom is 0.118 e. The first kappa shape index (κ1) is 16.8. The summed E-state index contributed by atoms with van der Waals surface area (Å²) in [7, 11) is 1.70. The predicted octanol–water partition coefficient (Wildman–Crippen LogP) is 3.34. The molecule has 0 aliphatic carbocycles. The molecule has 6 nitrogen and oxygen atoms in total. The minimum atomic E-state index is 0.256. The van der Waals surface area contributed by atoms with Crippen LogP contribution in [0.2, 0.25) is 0 Å². The number of nitrogens with zero attached hydrogens (tertiary/aromatic N) is 4. The summed E-state index contributed by atoms with van der Waals surface area (Å²) in [5.41, 5.74) is 4.87. The lowest BCUT2D eigenvalue weighted by Gasteiger charge is -2.32. The zero-order valence-electron chi connectivity index (χ0n) is 15.5. The third-order valence-corrected chi connectivity index (χ3v) is 5.11. The first-order valence-electron chi connectivity index (χ1n) is 9.05. The molecule has 0 saturated carbocycles. The molecule has 0 bridgehead atoms. The number of nitrogens with one attached hydrogen (secondary N) is 1. The van der Waals surface area contributed by atoms with E-state index >= 15 is 0 Å². The fourth-order valence-electron chi connectivity index (χ4n) is 3.76. The Bertz CT molecular complexity index is 864. The van der Waals surface area contributed by atoms with E-state index in [4.69, 9.17) is 4.74 Å². The summed E-state index contributed by atoms with van der Waals surface area (Å²) in [5, 5.41) is 0. The standard InChI is InChI=1S/C20H25N5O/c1-14(2)25-13-21-8-16(25)9-24-10-18(20-19(11-24)22-12-23-20)15-4-6-17(26-3)7-5-15/h4-8,12-14,18H,9-11H2,1-3H3,(H,22,23). The van der Waals surface area contributed by atoms with Gasteiger partial charge >= 0.3 is 0 Å². The van der Waals surface area contributed by atoms with Gasteiger partial charge in [-0.05, 0) is 31.5 Å². The van der Waals surface area contributed by atoms with Gasteiger partial charge in [-0.1, -0.05) is 12.1 Å². The molecular weight excluding hydrogens is 326 g/mol. The van der Waals surface area contributed by atoms with Crippen LogP contribution in [-0.4, -0.2) is 38.1 Å². The number of benzene rings is 1. The van der Waals surface area contributed by atoms with Crippen LogP contribution in [0.25, 0.3) is 0 Å². The number of aromatic nitrogens is 4. The average molecular weight is 351 g/mol. The van der Waals surface area contributed by atoms with E-state index in [9.17, 15) is 0 Å². The molecule has 0 spiro atoms. The zero-order valence-corrected chi connectivity index (χ0v) is 15.5. The van der Waals surface area contributed by atoms with E-state index in [1.807, 2.05) is 31.0 Å². The number of imidazole rings is 2. The normalized spacial score (nSPS) is 17.5. The van der Waals surface area contributed by atoms with Crippen molar-refractivity contribution in [3.05, 3.63) is 65.8 Å².